The Labute approximate surface area is 138 Å². The molecule has 0 fully saturated rings. The highest BCUT2D eigenvalue weighted by molar-refractivity contribution is 5.67. The van der Waals surface area contributed by atoms with Gasteiger partial charge in [0.1, 0.15) is 11.5 Å². The van der Waals surface area contributed by atoms with E-state index in [0.717, 1.165) is 5.69 Å². The van der Waals surface area contributed by atoms with Crippen LogP contribution in [-0.2, 0) is 0 Å². The van der Waals surface area contributed by atoms with Crippen LogP contribution in [0.2, 0.25) is 0 Å². The predicted molar refractivity (Wildman–Crippen MR) is 92.9 cm³/mol. The van der Waals surface area contributed by atoms with Gasteiger partial charge in [0.2, 0.25) is 5.95 Å². The highest BCUT2D eigenvalue weighted by Crippen LogP contribution is 2.27. The molecule has 1 N–H and O–H groups in total. The first-order valence-electron chi connectivity index (χ1n) is 7.27. The molecule has 0 spiro atoms. The summed E-state index contributed by atoms with van der Waals surface area (Å²) in [7, 11) is 1.90. The fourth-order valence-corrected chi connectivity index (χ4v) is 2.24. The van der Waals surface area contributed by atoms with Crippen molar-refractivity contribution < 1.29 is 4.92 Å². The lowest BCUT2D eigenvalue weighted by Crippen LogP contribution is -2.12. The van der Waals surface area contributed by atoms with E-state index in [1.807, 2.05) is 42.3 Å². The monoisotopic (exact) mass is 321 g/mol. The summed E-state index contributed by atoms with van der Waals surface area (Å²) < 4.78 is 0. The normalized spacial score (nSPS) is 10.2. The van der Waals surface area contributed by atoms with Crippen molar-refractivity contribution in [2.75, 3.05) is 17.3 Å². The highest BCUT2D eigenvalue weighted by atomic mass is 16.6. The summed E-state index contributed by atoms with van der Waals surface area (Å²) in [6.07, 6.45) is 1.61. The van der Waals surface area contributed by atoms with E-state index in [2.05, 4.69) is 15.3 Å². The molecule has 2 aromatic carbocycles. The molecule has 0 aliphatic heterocycles. The van der Waals surface area contributed by atoms with Crippen molar-refractivity contribution in [3.8, 4) is 0 Å². The number of nitrogens with zero attached hydrogens (tertiary/aromatic N) is 4. The van der Waals surface area contributed by atoms with Crippen LogP contribution in [0.4, 0.5) is 28.8 Å². The van der Waals surface area contributed by atoms with Crippen LogP contribution in [0.5, 0.6) is 0 Å². The zero-order valence-electron chi connectivity index (χ0n) is 13.0. The van der Waals surface area contributed by atoms with E-state index in [-0.39, 0.29) is 5.69 Å². The van der Waals surface area contributed by atoms with Gasteiger partial charge in [-0.05, 0) is 24.3 Å². The van der Waals surface area contributed by atoms with Crippen LogP contribution in [-0.4, -0.2) is 21.9 Å². The summed E-state index contributed by atoms with van der Waals surface area (Å²) in [6, 6.07) is 17.9. The van der Waals surface area contributed by atoms with Gasteiger partial charge in [-0.2, -0.15) is 4.98 Å². The maximum Gasteiger partial charge on any atom is 0.292 e. The number of para-hydroxylation sites is 3. The molecule has 3 rings (SSSR count). The van der Waals surface area contributed by atoms with E-state index in [1.165, 1.54) is 6.07 Å². The molecule has 0 aliphatic carbocycles. The summed E-state index contributed by atoms with van der Waals surface area (Å²) in [5.41, 5.74) is 1.30. The van der Waals surface area contributed by atoms with Crippen molar-refractivity contribution in [2.45, 2.75) is 0 Å². The molecule has 0 radical (unpaired) electrons. The third kappa shape index (κ3) is 3.30. The standard InChI is InChI=1S/C17H15N5O2/c1-21(13-7-3-2-4-8-13)16-11-12-18-17(20-16)19-14-9-5-6-10-15(14)22(23)24/h2-12H,1H3,(H,18,19,20). The smallest absolute Gasteiger partial charge is 0.292 e. The number of nitrogens with one attached hydrogen (secondary N) is 1. The molecule has 7 heteroatoms. The Kier molecular flexibility index (Phi) is 4.33. The number of aromatic nitrogens is 2. The summed E-state index contributed by atoms with van der Waals surface area (Å²) in [5.74, 6) is 0.974. The van der Waals surface area contributed by atoms with Crippen molar-refractivity contribution in [3.63, 3.8) is 0 Å². The number of hydrogen-bond acceptors (Lipinski definition) is 6. The van der Waals surface area contributed by atoms with E-state index < -0.39 is 4.92 Å². The Bertz CT molecular complexity index is 854. The second-order valence-electron chi connectivity index (χ2n) is 5.03. The first-order valence-corrected chi connectivity index (χ1v) is 7.27. The van der Waals surface area contributed by atoms with Gasteiger partial charge in [0.05, 0.1) is 4.92 Å². The Morgan fingerprint density at radius 3 is 2.50 bits per heavy atom. The van der Waals surface area contributed by atoms with Crippen LogP contribution in [0.1, 0.15) is 0 Å². The average Bonchev–Trinajstić information content (AvgIpc) is 2.62. The number of benzene rings is 2. The van der Waals surface area contributed by atoms with E-state index in [0.29, 0.717) is 17.5 Å². The maximum absolute atomic E-state index is 11.1. The molecule has 1 aromatic heterocycles. The van der Waals surface area contributed by atoms with Gasteiger partial charge in [-0.25, -0.2) is 4.98 Å². The summed E-state index contributed by atoms with van der Waals surface area (Å²) in [4.78, 5) is 21.1. The molecule has 0 atom stereocenters. The zero-order valence-corrected chi connectivity index (χ0v) is 13.0. The lowest BCUT2D eigenvalue weighted by molar-refractivity contribution is -0.383. The molecule has 0 saturated carbocycles. The zero-order chi connectivity index (χ0) is 16.9. The van der Waals surface area contributed by atoms with Crippen molar-refractivity contribution >= 4 is 28.8 Å². The first-order chi connectivity index (χ1) is 11.6. The second kappa shape index (κ2) is 6.74. The number of anilines is 4. The SMILES string of the molecule is CN(c1ccccc1)c1ccnc(Nc2ccccc2[N+](=O)[O-])n1. The Morgan fingerprint density at radius 2 is 1.75 bits per heavy atom. The van der Waals surface area contributed by atoms with Gasteiger partial charge in [-0.1, -0.05) is 30.3 Å². The predicted octanol–water partition coefficient (Wildman–Crippen LogP) is 3.90. The molecule has 3 aromatic rings. The molecule has 0 unspecified atom stereocenters. The van der Waals surface area contributed by atoms with E-state index >= 15 is 0 Å². The molecule has 1 heterocycles. The Balaban J connectivity index is 1.88. The third-order valence-corrected chi connectivity index (χ3v) is 3.48. The fourth-order valence-electron chi connectivity index (χ4n) is 2.24. The van der Waals surface area contributed by atoms with Crippen molar-refractivity contribution in [2.24, 2.45) is 0 Å². The lowest BCUT2D eigenvalue weighted by atomic mass is 10.3. The van der Waals surface area contributed by atoms with E-state index in [1.54, 1.807) is 30.5 Å². The van der Waals surface area contributed by atoms with Crippen LogP contribution in [0.3, 0.4) is 0 Å². The molecule has 0 bridgehead atoms. The maximum atomic E-state index is 11.1. The summed E-state index contributed by atoms with van der Waals surface area (Å²) >= 11 is 0. The summed E-state index contributed by atoms with van der Waals surface area (Å²) in [5, 5.41) is 14.0. The van der Waals surface area contributed by atoms with E-state index in [9.17, 15) is 10.1 Å². The Morgan fingerprint density at radius 1 is 1.04 bits per heavy atom. The highest BCUT2D eigenvalue weighted by Gasteiger charge is 2.14. The molecule has 120 valence electrons. The molecule has 0 saturated heterocycles. The van der Waals surface area contributed by atoms with Crippen LogP contribution >= 0.6 is 0 Å². The minimum atomic E-state index is -0.442. The first kappa shape index (κ1) is 15.4. The van der Waals surface area contributed by atoms with Gasteiger partial charge < -0.3 is 10.2 Å². The van der Waals surface area contributed by atoms with Gasteiger partial charge in [0.15, 0.2) is 0 Å². The third-order valence-electron chi connectivity index (χ3n) is 3.48. The molecule has 7 nitrogen and oxygen atoms in total. The number of nitro benzene ring substituents is 1. The van der Waals surface area contributed by atoms with Crippen molar-refractivity contribution in [1.82, 2.24) is 9.97 Å². The van der Waals surface area contributed by atoms with Crippen molar-refractivity contribution in [3.05, 3.63) is 77.0 Å². The number of hydrogen-bond donors (Lipinski definition) is 1. The fraction of sp³-hybridized carbons (Fsp3) is 0.0588. The lowest BCUT2D eigenvalue weighted by Gasteiger charge is -2.18. The summed E-state index contributed by atoms with van der Waals surface area (Å²) in [6.45, 7) is 0. The van der Waals surface area contributed by atoms with E-state index in [4.69, 9.17) is 0 Å². The van der Waals surface area contributed by atoms with Gasteiger partial charge in [0, 0.05) is 25.0 Å². The molecule has 0 amide bonds. The topological polar surface area (TPSA) is 84.2 Å². The van der Waals surface area contributed by atoms with Crippen LogP contribution in [0.15, 0.2) is 66.9 Å². The minimum absolute atomic E-state index is 0.0251. The van der Waals surface area contributed by atoms with Crippen LogP contribution in [0, 0.1) is 10.1 Å². The van der Waals surface area contributed by atoms with Crippen LogP contribution < -0.4 is 10.2 Å². The number of rotatable bonds is 5. The van der Waals surface area contributed by atoms with Gasteiger partial charge in [0.25, 0.3) is 5.69 Å². The molecule has 0 aliphatic rings. The molecular formula is C17H15N5O2. The molecule has 24 heavy (non-hydrogen) atoms. The minimum Gasteiger partial charge on any atom is -0.329 e. The average molecular weight is 321 g/mol. The molecular weight excluding hydrogens is 306 g/mol. The Hall–Kier alpha value is -3.48. The number of nitro groups is 1. The quantitative estimate of drug-likeness (QED) is 0.567. The van der Waals surface area contributed by atoms with Crippen molar-refractivity contribution in [1.29, 1.82) is 0 Å². The van der Waals surface area contributed by atoms with Gasteiger partial charge in [-0.3, -0.25) is 10.1 Å². The van der Waals surface area contributed by atoms with Gasteiger partial charge >= 0.3 is 0 Å². The second-order valence-corrected chi connectivity index (χ2v) is 5.03. The van der Waals surface area contributed by atoms with Crippen LogP contribution in [0.25, 0.3) is 0 Å². The van der Waals surface area contributed by atoms with Gasteiger partial charge in [-0.15, -0.1) is 0 Å². The largest absolute Gasteiger partial charge is 0.329 e.